The Kier molecular flexibility index (Phi) is 7.33. The number of hydrogen-bond acceptors (Lipinski definition) is 4. The first-order valence-corrected chi connectivity index (χ1v) is 13.0. The first-order chi connectivity index (χ1) is 16.3. The third-order valence-electron chi connectivity index (χ3n) is 6.38. The van der Waals surface area contributed by atoms with Crippen LogP contribution in [-0.4, -0.2) is 52.3 Å². The standard InChI is InChI=1S/C27H33N3O3S/c1-19(2)33-15-7-14-28-26(32)27(3)18-29-23-9-6-5-8-21(23)16-24(29)25(31)30(27)17-20-10-12-22(34-4)13-11-20/h5-6,8-13,16,19H,7,14-15,17-18H2,1-4H3,(H,28,32)/t27-/m0/s1. The second kappa shape index (κ2) is 10.2. The summed E-state index contributed by atoms with van der Waals surface area (Å²) in [7, 11) is 0. The van der Waals surface area contributed by atoms with Gasteiger partial charge in [-0.15, -0.1) is 11.8 Å². The van der Waals surface area contributed by atoms with E-state index in [1.807, 2.05) is 74.1 Å². The molecule has 0 fully saturated rings. The highest BCUT2D eigenvalue weighted by Gasteiger charge is 2.47. The smallest absolute Gasteiger partial charge is 0.271 e. The molecule has 2 aromatic carbocycles. The van der Waals surface area contributed by atoms with Gasteiger partial charge < -0.3 is 19.5 Å². The zero-order chi connectivity index (χ0) is 24.3. The predicted octanol–water partition coefficient (Wildman–Crippen LogP) is 4.71. The highest BCUT2D eigenvalue weighted by Crippen LogP contribution is 2.33. The Morgan fingerprint density at radius 3 is 2.62 bits per heavy atom. The molecule has 1 aliphatic heterocycles. The number of fused-ring (bicyclic) bond motifs is 3. The molecule has 0 aliphatic carbocycles. The Labute approximate surface area is 205 Å². The fraction of sp³-hybridized carbons (Fsp3) is 0.407. The van der Waals surface area contributed by atoms with E-state index in [1.54, 1.807) is 16.7 Å². The Morgan fingerprint density at radius 1 is 1.18 bits per heavy atom. The number of nitrogens with one attached hydrogen (secondary N) is 1. The third-order valence-corrected chi connectivity index (χ3v) is 7.13. The fourth-order valence-electron chi connectivity index (χ4n) is 4.45. The van der Waals surface area contributed by atoms with Crippen LogP contribution in [0.3, 0.4) is 0 Å². The van der Waals surface area contributed by atoms with Crippen LogP contribution in [0, 0.1) is 0 Å². The van der Waals surface area contributed by atoms with Gasteiger partial charge >= 0.3 is 0 Å². The second-order valence-electron chi connectivity index (χ2n) is 9.22. The van der Waals surface area contributed by atoms with Gasteiger partial charge in [0, 0.05) is 35.5 Å². The molecule has 0 radical (unpaired) electrons. The van der Waals surface area contributed by atoms with Crippen LogP contribution in [0.2, 0.25) is 0 Å². The van der Waals surface area contributed by atoms with E-state index in [2.05, 4.69) is 17.4 Å². The van der Waals surface area contributed by atoms with Gasteiger partial charge in [0.15, 0.2) is 0 Å². The van der Waals surface area contributed by atoms with Crippen molar-refractivity contribution in [3.05, 3.63) is 65.9 Å². The first-order valence-electron chi connectivity index (χ1n) is 11.8. The lowest BCUT2D eigenvalue weighted by Crippen LogP contribution is -2.63. The van der Waals surface area contributed by atoms with Gasteiger partial charge in [-0.3, -0.25) is 9.59 Å². The van der Waals surface area contributed by atoms with Gasteiger partial charge in [0.2, 0.25) is 5.91 Å². The summed E-state index contributed by atoms with van der Waals surface area (Å²) in [4.78, 5) is 30.3. The van der Waals surface area contributed by atoms with Crippen molar-refractivity contribution in [3.63, 3.8) is 0 Å². The minimum absolute atomic E-state index is 0.128. The van der Waals surface area contributed by atoms with Crippen LogP contribution >= 0.6 is 11.8 Å². The molecule has 0 bridgehead atoms. The minimum atomic E-state index is -1.02. The number of thioether (sulfide) groups is 1. The second-order valence-corrected chi connectivity index (χ2v) is 10.1. The van der Waals surface area contributed by atoms with E-state index in [-0.39, 0.29) is 17.9 Å². The molecule has 4 rings (SSSR count). The van der Waals surface area contributed by atoms with Crippen molar-refractivity contribution in [1.29, 1.82) is 0 Å². The van der Waals surface area contributed by atoms with E-state index in [4.69, 9.17) is 4.74 Å². The zero-order valence-corrected chi connectivity index (χ0v) is 21.2. The molecule has 0 saturated heterocycles. The van der Waals surface area contributed by atoms with Crippen molar-refractivity contribution in [3.8, 4) is 0 Å². The van der Waals surface area contributed by atoms with E-state index in [9.17, 15) is 9.59 Å². The molecule has 2 amide bonds. The maximum Gasteiger partial charge on any atom is 0.271 e. The lowest BCUT2D eigenvalue weighted by atomic mass is 9.93. The molecule has 1 atom stereocenters. The van der Waals surface area contributed by atoms with Crippen LogP contribution in [0.15, 0.2) is 59.5 Å². The number of ether oxygens (including phenoxy) is 1. The zero-order valence-electron chi connectivity index (χ0n) is 20.3. The molecular weight excluding hydrogens is 446 g/mol. The van der Waals surface area contributed by atoms with Crippen LogP contribution in [0.1, 0.15) is 43.2 Å². The van der Waals surface area contributed by atoms with Crippen LogP contribution in [-0.2, 0) is 22.6 Å². The Balaban J connectivity index is 1.63. The number of nitrogens with zero attached hydrogens (tertiary/aromatic N) is 2. The summed E-state index contributed by atoms with van der Waals surface area (Å²) < 4.78 is 7.59. The normalized spacial score (nSPS) is 17.9. The van der Waals surface area contributed by atoms with Gasteiger partial charge in [-0.25, -0.2) is 0 Å². The number of benzene rings is 2. The van der Waals surface area contributed by atoms with Crippen LogP contribution in [0.5, 0.6) is 0 Å². The summed E-state index contributed by atoms with van der Waals surface area (Å²) in [5.74, 6) is -0.272. The first kappa shape index (κ1) is 24.4. The number of amides is 2. The Hall–Kier alpha value is -2.77. The van der Waals surface area contributed by atoms with Crippen molar-refractivity contribution < 1.29 is 14.3 Å². The SMILES string of the molecule is CSc1ccc(CN2C(=O)c3cc4ccccc4n3C[C@@]2(C)C(=O)NCCCOC(C)C)cc1. The maximum absolute atomic E-state index is 13.8. The highest BCUT2D eigenvalue weighted by atomic mass is 32.2. The molecule has 0 unspecified atom stereocenters. The topological polar surface area (TPSA) is 63.6 Å². The summed E-state index contributed by atoms with van der Waals surface area (Å²) in [5.41, 5.74) is 1.57. The van der Waals surface area contributed by atoms with E-state index < -0.39 is 5.54 Å². The average Bonchev–Trinajstić information content (AvgIpc) is 3.20. The molecule has 1 aromatic heterocycles. The van der Waals surface area contributed by atoms with Gasteiger partial charge in [-0.05, 0) is 63.3 Å². The molecule has 7 heteroatoms. The molecule has 6 nitrogen and oxygen atoms in total. The van der Waals surface area contributed by atoms with Crippen molar-refractivity contribution in [2.75, 3.05) is 19.4 Å². The summed E-state index contributed by atoms with van der Waals surface area (Å²) >= 11 is 1.68. The van der Waals surface area contributed by atoms with Gasteiger partial charge in [-0.1, -0.05) is 30.3 Å². The largest absolute Gasteiger partial charge is 0.379 e. The summed E-state index contributed by atoms with van der Waals surface area (Å²) in [6.45, 7) is 7.73. The van der Waals surface area contributed by atoms with Crippen molar-refractivity contribution >= 4 is 34.5 Å². The average molecular weight is 480 g/mol. The fourth-order valence-corrected chi connectivity index (χ4v) is 4.86. The van der Waals surface area contributed by atoms with Crippen molar-refractivity contribution in [2.24, 2.45) is 0 Å². The molecule has 2 heterocycles. The van der Waals surface area contributed by atoms with Gasteiger partial charge in [0.1, 0.15) is 11.2 Å². The van der Waals surface area contributed by atoms with Crippen molar-refractivity contribution in [1.82, 2.24) is 14.8 Å². The summed E-state index contributed by atoms with van der Waals surface area (Å²) in [5, 5.41) is 4.07. The third kappa shape index (κ3) is 4.86. The van der Waals surface area contributed by atoms with Gasteiger partial charge in [-0.2, -0.15) is 0 Å². The number of carbonyl (C=O) groups excluding carboxylic acids is 2. The molecule has 3 aromatic rings. The van der Waals surface area contributed by atoms with E-state index in [0.29, 0.717) is 31.9 Å². The molecule has 1 aliphatic rings. The van der Waals surface area contributed by atoms with Gasteiger partial charge in [0.05, 0.1) is 12.6 Å². The molecule has 34 heavy (non-hydrogen) atoms. The Bertz CT molecular complexity index is 1170. The van der Waals surface area contributed by atoms with Gasteiger partial charge in [0.25, 0.3) is 5.91 Å². The van der Waals surface area contributed by atoms with Crippen LogP contribution in [0.25, 0.3) is 10.9 Å². The number of carbonyl (C=O) groups is 2. The molecular formula is C27H33N3O3S. The number of hydrogen-bond donors (Lipinski definition) is 1. The van der Waals surface area contributed by atoms with E-state index >= 15 is 0 Å². The number of para-hydroxylation sites is 1. The maximum atomic E-state index is 13.8. The summed E-state index contributed by atoms with van der Waals surface area (Å²) in [6.07, 6.45) is 2.93. The van der Waals surface area contributed by atoms with E-state index in [0.717, 1.165) is 27.8 Å². The minimum Gasteiger partial charge on any atom is -0.379 e. The van der Waals surface area contributed by atoms with Crippen LogP contribution in [0.4, 0.5) is 0 Å². The molecule has 0 spiro atoms. The molecule has 1 N–H and O–H groups in total. The van der Waals surface area contributed by atoms with Crippen molar-refractivity contribution in [2.45, 2.75) is 56.8 Å². The molecule has 180 valence electrons. The number of aromatic nitrogens is 1. The quantitative estimate of drug-likeness (QED) is 0.357. The van der Waals surface area contributed by atoms with Crippen LogP contribution < -0.4 is 5.32 Å². The summed E-state index contributed by atoms with van der Waals surface area (Å²) in [6, 6.07) is 18.0. The Morgan fingerprint density at radius 2 is 1.91 bits per heavy atom. The lowest BCUT2D eigenvalue weighted by Gasteiger charge is -2.44. The monoisotopic (exact) mass is 479 g/mol. The lowest BCUT2D eigenvalue weighted by molar-refractivity contribution is -0.133. The number of rotatable bonds is 9. The predicted molar refractivity (Wildman–Crippen MR) is 137 cm³/mol. The molecule has 0 saturated carbocycles. The van der Waals surface area contributed by atoms with E-state index in [1.165, 1.54) is 0 Å². The highest BCUT2D eigenvalue weighted by molar-refractivity contribution is 7.98.